The maximum atomic E-state index is 12.9. The van der Waals surface area contributed by atoms with Crippen LogP contribution in [0.5, 0.6) is 5.75 Å². The minimum Gasteiger partial charge on any atom is -0.492 e. The normalized spacial score (nSPS) is 23.5. The summed E-state index contributed by atoms with van der Waals surface area (Å²) in [5.74, 6) is 2.21. The van der Waals surface area contributed by atoms with E-state index >= 15 is 0 Å². The van der Waals surface area contributed by atoms with E-state index in [1.54, 1.807) is 0 Å². The van der Waals surface area contributed by atoms with Crippen molar-refractivity contribution in [3.8, 4) is 5.75 Å². The molecule has 0 radical (unpaired) electrons. The van der Waals surface area contributed by atoms with E-state index in [-0.39, 0.29) is 17.9 Å². The maximum absolute atomic E-state index is 12.9. The number of benzene rings is 1. The number of aryl methyl sites for hydroxylation is 1. The van der Waals surface area contributed by atoms with Crippen molar-refractivity contribution in [2.45, 2.75) is 19.4 Å². The highest BCUT2D eigenvalue weighted by Gasteiger charge is 2.33. The van der Waals surface area contributed by atoms with Crippen LogP contribution in [0.2, 0.25) is 0 Å². The van der Waals surface area contributed by atoms with E-state index in [1.807, 2.05) is 36.1 Å². The molecule has 7 heteroatoms. The van der Waals surface area contributed by atoms with Crippen molar-refractivity contribution in [3.63, 3.8) is 0 Å². The zero-order chi connectivity index (χ0) is 16.5. The summed E-state index contributed by atoms with van der Waals surface area (Å²) < 4.78 is 11.5. The molecule has 0 bridgehead atoms. The number of amides is 1. The Hall–Kier alpha value is -2.41. The van der Waals surface area contributed by atoms with Crippen LogP contribution in [0.4, 0.5) is 0 Å². The molecule has 1 saturated heterocycles. The fourth-order valence-electron chi connectivity index (χ4n) is 3.25. The van der Waals surface area contributed by atoms with Crippen LogP contribution in [0.1, 0.15) is 23.3 Å². The van der Waals surface area contributed by atoms with Gasteiger partial charge in [-0.05, 0) is 25.0 Å². The summed E-state index contributed by atoms with van der Waals surface area (Å²) in [5, 5.41) is 6.97. The maximum Gasteiger partial charge on any atom is 0.229 e. The van der Waals surface area contributed by atoms with Gasteiger partial charge in [0.2, 0.25) is 5.91 Å². The van der Waals surface area contributed by atoms with Gasteiger partial charge in [-0.2, -0.15) is 5.10 Å². The molecule has 7 nitrogen and oxygen atoms in total. The second kappa shape index (κ2) is 6.24. The number of carbonyl (C=O) groups is 1. The number of morpholine rings is 1. The second-order valence-electron chi connectivity index (χ2n) is 6.24. The van der Waals surface area contributed by atoms with Gasteiger partial charge in [-0.15, -0.1) is 0 Å². The third kappa shape index (κ3) is 2.87. The van der Waals surface area contributed by atoms with Gasteiger partial charge in [-0.25, -0.2) is 4.98 Å². The smallest absolute Gasteiger partial charge is 0.229 e. The monoisotopic (exact) mass is 328 g/mol. The molecule has 2 aromatic rings. The predicted octanol–water partition coefficient (Wildman–Crippen LogP) is 1.26. The van der Waals surface area contributed by atoms with Crippen molar-refractivity contribution in [1.29, 1.82) is 0 Å². The van der Waals surface area contributed by atoms with Gasteiger partial charge in [0.15, 0.2) is 5.82 Å². The number of aromatic nitrogens is 3. The van der Waals surface area contributed by atoms with Crippen molar-refractivity contribution in [2.24, 2.45) is 5.92 Å². The van der Waals surface area contributed by atoms with Crippen LogP contribution < -0.4 is 4.74 Å². The van der Waals surface area contributed by atoms with Crippen LogP contribution >= 0.6 is 0 Å². The number of nitrogens with zero attached hydrogens (tertiary/aromatic N) is 3. The van der Waals surface area contributed by atoms with Gasteiger partial charge in [0.1, 0.15) is 24.3 Å². The van der Waals surface area contributed by atoms with Gasteiger partial charge in [0.25, 0.3) is 0 Å². The minimum absolute atomic E-state index is 0.116. The Kier molecular flexibility index (Phi) is 3.93. The first-order chi connectivity index (χ1) is 11.7. The number of rotatable bonds is 2. The Morgan fingerprint density at radius 3 is 3.08 bits per heavy atom. The Bertz CT molecular complexity index is 745. The molecule has 1 amide bonds. The highest BCUT2D eigenvalue weighted by atomic mass is 16.5. The molecule has 1 N–H and O–H groups in total. The van der Waals surface area contributed by atoms with Gasteiger partial charge in [0.05, 0.1) is 19.1 Å². The summed E-state index contributed by atoms with van der Waals surface area (Å²) in [6.45, 7) is 3.84. The van der Waals surface area contributed by atoms with Gasteiger partial charge in [-0.1, -0.05) is 18.2 Å². The highest BCUT2D eigenvalue weighted by Crippen LogP contribution is 2.29. The zero-order valence-corrected chi connectivity index (χ0v) is 13.6. The molecule has 126 valence electrons. The summed E-state index contributed by atoms with van der Waals surface area (Å²) in [5.41, 5.74) is 1.09. The summed E-state index contributed by atoms with van der Waals surface area (Å²) >= 11 is 0. The van der Waals surface area contributed by atoms with Crippen LogP contribution in [0.25, 0.3) is 0 Å². The van der Waals surface area contributed by atoms with Crippen LogP contribution in [-0.4, -0.2) is 52.3 Å². The number of H-pyrrole nitrogens is 1. The van der Waals surface area contributed by atoms with Crippen molar-refractivity contribution < 1.29 is 14.3 Å². The standard InChI is InChI=1S/C17H20N4O3/c1-11-18-16(20-19-11)15-9-21(6-7-23-15)17(22)13-8-12-4-2-3-5-14(12)24-10-13/h2-5,13,15H,6-10H2,1H3,(H,18,19,20)/t13-,15+/m0/s1. The third-order valence-corrected chi connectivity index (χ3v) is 4.51. The number of ether oxygens (including phenoxy) is 2. The molecule has 0 aliphatic carbocycles. The number of hydrogen-bond donors (Lipinski definition) is 1. The van der Waals surface area contributed by atoms with Crippen molar-refractivity contribution >= 4 is 5.91 Å². The number of fused-ring (bicyclic) bond motifs is 1. The molecule has 2 atom stereocenters. The molecule has 1 aromatic heterocycles. The number of hydrogen-bond acceptors (Lipinski definition) is 5. The van der Waals surface area contributed by atoms with E-state index in [1.165, 1.54) is 0 Å². The second-order valence-corrected chi connectivity index (χ2v) is 6.24. The Balaban J connectivity index is 1.45. The first-order valence-corrected chi connectivity index (χ1v) is 8.20. The molecule has 0 saturated carbocycles. The van der Waals surface area contributed by atoms with E-state index in [2.05, 4.69) is 15.2 Å². The van der Waals surface area contributed by atoms with Gasteiger partial charge < -0.3 is 14.4 Å². The lowest BCUT2D eigenvalue weighted by Crippen LogP contribution is -2.47. The van der Waals surface area contributed by atoms with Gasteiger partial charge in [0, 0.05) is 6.54 Å². The Labute approximate surface area is 140 Å². The van der Waals surface area contributed by atoms with Crippen molar-refractivity contribution in [1.82, 2.24) is 20.1 Å². The van der Waals surface area contributed by atoms with Crippen LogP contribution in [-0.2, 0) is 16.0 Å². The fourth-order valence-corrected chi connectivity index (χ4v) is 3.25. The highest BCUT2D eigenvalue weighted by molar-refractivity contribution is 5.80. The minimum atomic E-state index is -0.274. The first-order valence-electron chi connectivity index (χ1n) is 8.20. The van der Waals surface area contributed by atoms with E-state index in [0.29, 0.717) is 32.1 Å². The summed E-state index contributed by atoms with van der Waals surface area (Å²) in [6.07, 6.45) is 0.445. The largest absolute Gasteiger partial charge is 0.492 e. The number of aromatic amines is 1. The molecular weight excluding hydrogens is 308 g/mol. The Morgan fingerprint density at radius 1 is 1.38 bits per heavy atom. The molecule has 0 unspecified atom stereocenters. The number of para-hydroxylation sites is 1. The van der Waals surface area contributed by atoms with E-state index in [4.69, 9.17) is 9.47 Å². The summed E-state index contributed by atoms with van der Waals surface area (Å²) in [4.78, 5) is 19.1. The summed E-state index contributed by atoms with van der Waals surface area (Å²) in [7, 11) is 0. The fraction of sp³-hybridized carbons (Fsp3) is 0.471. The molecule has 1 fully saturated rings. The lowest BCUT2D eigenvalue weighted by atomic mass is 9.95. The molecule has 24 heavy (non-hydrogen) atoms. The molecule has 3 heterocycles. The van der Waals surface area contributed by atoms with E-state index in [9.17, 15) is 4.79 Å². The number of carbonyl (C=O) groups excluding carboxylic acids is 1. The predicted molar refractivity (Wildman–Crippen MR) is 85.5 cm³/mol. The average molecular weight is 328 g/mol. The Morgan fingerprint density at radius 2 is 2.25 bits per heavy atom. The molecule has 2 aliphatic rings. The van der Waals surface area contributed by atoms with Gasteiger partial charge >= 0.3 is 0 Å². The zero-order valence-electron chi connectivity index (χ0n) is 13.6. The van der Waals surface area contributed by atoms with Crippen molar-refractivity contribution in [2.75, 3.05) is 26.3 Å². The van der Waals surface area contributed by atoms with Crippen LogP contribution in [0, 0.1) is 12.8 Å². The molecule has 2 aliphatic heterocycles. The number of nitrogens with one attached hydrogen (secondary N) is 1. The lowest BCUT2D eigenvalue weighted by Gasteiger charge is -2.35. The van der Waals surface area contributed by atoms with Crippen molar-refractivity contribution in [3.05, 3.63) is 41.5 Å². The van der Waals surface area contributed by atoms with Gasteiger partial charge in [-0.3, -0.25) is 9.89 Å². The van der Waals surface area contributed by atoms with Crippen LogP contribution in [0.3, 0.4) is 0 Å². The molecule has 4 rings (SSSR count). The quantitative estimate of drug-likeness (QED) is 0.898. The lowest BCUT2D eigenvalue weighted by molar-refractivity contribution is -0.145. The summed E-state index contributed by atoms with van der Waals surface area (Å²) in [6, 6.07) is 7.90. The topological polar surface area (TPSA) is 80.3 Å². The first kappa shape index (κ1) is 15.1. The average Bonchev–Trinajstić information content (AvgIpc) is 3.07. The van der Waals surface area contributed by atoms with E-state index in [0.717, 1.165) is 23.6 Å². The third-order valence-electron chi connectivity index (χ3n) is 4.51. The molecule has 0 spiro atoms. The molecular formula is C17H20N4O3. The SMILES string of the molecule is Cc1nc([C@H]2CN(C(=O)[C@@H]3COc4ccccc4C3)CCO2)n[nH]1. The molecule has 1 aromatic carbocycles. The van der Waals surface area contributed by atoms with Crippen LogP contribution in [0.15, 0.2) is 24.3 Å². The van der Waals surface area contributed by atoms with E-state index < -0.39 is 0 Å².